The fraction of sp³-hybridized carbons (Fsp3) is 0.577. The lowest BCUT2D eigenvalue weighted by atomic mass is 9.82. The van der Waals surface area contributed by atoms with Gasteiger partial charge in [-0.1, -0.05) is 25.8 Å². The van der Waals surface area contributed by atoms with Crippen molar-refractivity contribution in [1.82, 2.24) is 19.2 Å². The van der Waals surface area contributed by atoms with Crippen LogP contribution in [0, 0.1) is 18.8 Å². The van der Waals surface area contributed by atoms with Gasteiger partial charge in [0.25, 0.3) is 5.91 Å². The Morgan fingerprint density at radius 3 is 2.59 bits per heavy atom. The number of rotatable bonds is 6. The van der Waals surface area contributed by atoms with E-state index >= 15 is 0 Å². The Labute approximate surface area is 216 Å². The first-order chi connectivity index (χ1) is 17.6. The number of benzene rings is 1. The Balaban J connectivity index is 1.21. The van der Waals surface area contributed by atoms with Crippen molar-refractivity contribution in [1.29, 1.82) is 0 Å². The third-order valence-corrected chi connectivity index (χ3v) is 10.1. The fourth-order valence-electron chi connectivity index (χ4n) is 5.97. The number of piperidine rings is 1. The molecule has 1 saturated carbocycles. The predicted molar refractivity (Wildman–Crippen MR) is 141 cm³/mol. The standard InChI is InChI=1S/C26H35N5O5S/c1-17-4-3-5-20(14-17)23-28-24(33)26(29-23)9-11-30(12-10-26)37(35,36)13-8-19-6-7-21(15-18(19)2)31-22(32)16-27-25(31)34/h6-7,15-17,20,32H,3-5,8-14H2,1-2H3,(H,27,34)(H,28,29,33)/t17-,20+/m1/s1. The van der Waals surface area contributed by atoms with Crippen LogP contribution >= 0.6 is 0 Å². The highest BCUT2D eigenvalue weighted by Crippen LogP contribution is 2.36. The van der Waals surface area contributed by atoms with Gasteiger partial charge >= 0.3 is 5.69 Å². The van der Waals surface area contributed by atoms with E-state index in [-0.39, 0.29) is 30.6 Å². The van der Waals surface area contributed by atoms with Crippen LogP contribution in [0.15, 0.2) is 34.2 Å². The number of amidine groups is 1. The number of aromatic amines is 1. The van der Waals surface area contributed by atoms with E-state index in [9.17, 15) is 23.1 Å². The number of hydrogen-bond acceptors (Lipinski definition) is 6. The number of aromatic nitrogens is 2. The smallest absolute Gasteiger partial charge is 0.333 e. The molecule has 200 valence electrons. The summed E-state index contributed by atoms with van der Waals surface area (Å²) in [6.07, 6.45) is 6.79. The molecule has 5 rings (SSSR count). The van der Waals surface area contributed by atoms with Gasteiger partial charge in [0.15, 0.2) is 0 Å². The number of carbonyl (C=O) groups is 1. The first-order valence-corrected chi connectivity index (χ1v) is 14.7. The molecule has 0 unspecified atom stereocenters. The normalized spacial score (nSPS) is 24.3. The number of aryl methyl sites for hydroxylation is 2. The van der Waals surface area contributed by atoms with Gasteiger partial charge in [0.2, 0.25) is 15.9 Å². The Hall–Kier alpha value is -2.92. The number of hydrogen-bond donors (Lipinski definition) is 3. The molecule has 3 N–H and O–H groups in total. The van der Waals surface area contributed by atoms with Crippen molar-refractivity contribution in [3.8, 4) is 11.6 Å². The van der Waals surface area contributed by atoms with Crippen LogP contribution < -0.4 is 11.0 Å². The Bertz CT molecular complexity index is 1380. The molecule has 11 heteroatoms. The molecule has 2 atom stereocenters. The van der Waals surface area contributed by atoms with Crippen molar-refractivity contribution < 1.29 is 18.3 Å². The number of amides is 1. The minimum Gasteiger partial charge on any atom is -0.493 e. The van der Waals surface area contributed by atoms with Crippen LogP contribution in [-0.4, -0.2) is 63.5 Å². The van der Waals surface area contributed by atoms with Gasteiger partial charge in [-0.05, 0) is 68.2 Å². The van der Waals surface area contributed by atoms with Gasteiger partial charge in [-0.15, -0.1) is 0 Å². The summed E-state index contributed by atoms with van der Waals surface area (Å²) in [5.74, 6) is 1.41. The first-order valence-electron chi connectivity index (χ1n) is 13.1. The number of sulfonamides is 1. The summed E-state index contributed by atoms with van der Waals surface area (Å²) in [6.45, 7) is 4.65. The molecular weight excluding hydrogens is 494 g/mol. The number of aliphatic imine (C=N–C) groups is 1. The predicted octanol–water partition coefficient (Wildman–Crippen LogP) is 2.24. The van der Waals surface area contributed by atoms with Gasteiger partial charge in [-0.25, -0.2) is 22.1 Å². The summed E-state index contributed by atoms with van der Waals surface area (Å²) in [4.78, 5) is 32.1. The molecule has 1 saturated heterocycles. The second-order valence-corrected chi connectivity index (χ2v) is 12.9. The van der Waals surface area contributed by atoms with Crippen molar-refractivity contribution >= 4 is 21.8 Å². The molecule has 1 aliphatic carbocycles. The summed E-state index contributed by atoms with van der Waals surface area (Å²) >= 11 is 0. The van der Waals surface area contributed by atoms with E-state index in [1.54, 1.807) is 18.2 Å². The molecule has 3 heterocycles. The van der Waals surface area contributed by atoms with Gasteiger partial charge in [0, 0.05) is 19.0 Å². The van der Waals surface area contributed by atoms with Crippen LogP contribution in [0.5, 0.6) is 5.88 Å². The molecule has 2 fully saturated rings. The Morgan fingerprint density at radius 2 is 1.95 bits per heavy atom. The molecule has 3 aliphatic rings. The zero-order valence-electron chi connectivity index (χ0n) is 21.4. The van der Waals surface area contributed by atoms with E-state index in [0.29, 0.717) is 36.8 Å². The van der Waals surface area contributed by atoms with Crippen LogP contribution in [0.4, 0.5) is 0 Å². The maximum atomic E-state index is 13.2. The van der Waals surface area contributed by atoms with Crippen LogP contribution in [0.25, 0.3) is 5.69 Å². The molecule has 10 nitrogen and oxygen atoms in total. The van der Waals surface area contributed by atoms with Crippen LogP contribution in [0.3, 0.4) is 0 Å². The molecule has 1 aromatic carbocycles. The van der Waals surface area contributed by atoms with Crippen LogP contribution in [-0.2, 0) is 21.2 Å². The molecule has 2 aliphatic heterocycles. The highest BCUT2D eigenvalue weighted by atomic mass is 32.2. The van der Waals surface area contributed by atoms with Gasteiger partial charge in [0.05, 0.1) is 17.6 Å². The Morgan fingerprint density at radius 1 is 1.19 bits per heavy atom. The molecule has 1 aromatic heterocycles. The lowest BCUT2D eigenvalue weighted by molar-refractivity contribution is -0.125. The van der Waals surface area contributed by atoms with Gasteiger partial charge in [-0.3, -0.25) is 9.79 Å². The van der Waals surface area contributed by atoms with Crippen LogP contribution in [0.1, 0.15) is 56.6 Å². The molecule has 1 amide bonds. The second kappa shape index (κ2) is 9.75. The number of aromatic hydroxyl groups is 1. The third kappa shape index (κ3) is 4.98. The van der Waals surface area contributed by atoms with Crippen molar-refractivity contribution in [2.24, 2.45) is 16.8 Å². The monoisotopic (exact) mass is 529 g/mol. The second-order valence-electron chi connectivity index (χ2n) is 10.8. The largest absolute Gasteiger partial charge is 0.493 e. The van der Waals surface area contributed by atoms with E-state index < -0.39 is 21.3 Å². The average Bonchev–Trinajstić information content (AvgIpc) is 3.36. The summed E-state index contributed by atoms with van der Waals surface area (Å²) in [5, 5.41) is 12.9. The average molecular weight is 530 g/mol. The number of nitrogens with one attached hydrogen (secondary N) is 2. The molecule has 2 aromatic rings. The topological polar surface area (TPSA) is 137 Å². The van der Waals surface area contributed by atoms with Crippen molar-refractivity contribution in [3.63, 3.8) is 0 Å². The van der Waals surface area contributed by atoms with Gasteiger partial charge in [0.1, 0.15) is 11.4 Å². The molecule has 1 spiro atoms. The summed E-state index contributed by atoms with van der Waals surface area (Å²) in [6, 6.07) is 5.23. The van der Waals surface area contributed by atoms with Crippen LogP contribution in [0.2, 0.25) is 0 Å². The maximum Gasteiger partial charge on any atom is 0.333 e. The van der Waals surface area contributed by atoms with E-state index in [1.165, 1.54) is 16.9 Å². The summed E-state index contributed by atoms with van der Waals surface area (Å²) in [7, 11) is -3.52. The SMILES string of the molecule is Cc1cc(-n2c(O)c[nH]c2=O)ccc1CCS(=O)(=O)N1CCC2(CC1)N=C([C@H]1CCC[C@@H](C)C1)NC2=O. The number of nitrogens with zero attached hydrogens (tertiary/aromatic N) is 3. The van der Waals surface area contributed by atoms with Crippen molar-refractivity contribution in [2.45, 2.75) is 64.3 Å². The maximum absolute atomic E-state index is 13.2. The van der Waals surface area contributed by atoms with Crippen molar-refractivity contribution in [3.05, 3.63) is 46.0 Å². The highest BCUT2D eigenvalue weighted by Gasteiger charge is 2.48. The number of imidazole rings is 1. The fourth-order valence-corrected chi connectivity index (χ4v) is 7.44. The van der Waals surface area contributed by atoms with Gasteiger partial charge in [-0.2, -0.15) is 0 Å². The first kappa shape index (κ1) is 25.7. The Kier molecular flexibility index (Phi) is 6.78. The molecule has 37 heavy (non-hydrogen) atoms. The number of H-pyrrole nitrogens is 1. The minimum atomic E-state index is -3.52. The lowest BCUT2D eigenvalue weighted by Crippen LogP contribution is -2.51. The zero-order chi connectivity index (χ0) is 26.4. The lowest BCUT2D eigenvalue weighted by Gasteiger charge is -2.34. The zero-order valence-corrected chi connectivity index (χ0v) is 22.2. The molecule has 0 radical (unpaired) electrons. The van der Waals surface area contributed by atoms with E-state index in [4.69, 9.17) is 4.99 Å². The number of carbonyl (C=O) groups excluding carboxylic acids is 1. The molecule has 0 bridgehead atoms. The minimum absolute atomic E-state index is 0.0454. The van der Waals surface area contributed by atoms with E-state index in [0.717, 1.165) is 40.8 Å². The summed E-state index contributed by atoms with van der Waals surface area (Å²) < 4.78 is 28.9. The van der Waals surface area contributed by atoms with Crippen molar-refractivity contribution in [2.75, 3.05) is 18.8 Å². The van der Waals surface area contributed by atoms with E-state index in [2.05, 4.69) is 17.2 Å². The molecular formula is C26H35N5O5S. The van der Waals surface area contributed by atoms with Gasteiger partial charge < -0.3 is 15.4 Å². The third-order valence-electron chi connectivity index (χ3n) is 8.24. The summed E-state index contributed by atoms with van der Waals surface area (Å²) in [5.41, 5.74) is 0.910. The van der Waals surface area contributed by atoms with E-state index in [1.807, 2.05) is 6.92 Å². The quantitative estimate of drug-likeness (QED) is 0.527. The highest BCUT2D eigenvalue weighted by molar-refractivity contribution is 7.89.